The Morgan fingerprint density at radius 3 is 3.00 bits per heavy atom. The fourth-order valence-electron chi connectivity index (χ4n) is 1.25. The van der Waals surface area contributed by atoms with Crippen molar-refractivity contribution >= 4 is 0 Å². The Balaban J connectivity index is 2.63. The smallest absolute Gasteiger partial charge is 0.119 e. The van der Waals surface area contributed by atoms with E-state index in [9.17, 15) is 5.11 Å². The first-order valence-corrected chi connectivity index (χ1v) is 4.44. The van der Waals surface area contributed by atoms with Gasteiger partial charge in [0.1, 0.15) is 5.75 Å². The van der Waals surface area contributed by atoms with E-state index >= 15 is 0 Å². The van der Waals surface area contributed by atoms with Gasteiger partial charge in [-0.2, -0.15) is 5.26 Å². The highest BCUT2D eigenvalue weighted by Gasteiger charge is 2.05. The Morgan fingerprint density at radius 1 is 1.57 bits per heavy atom. The third-order valence-corrected chi connectivity index (χ3v) is 1.93. The number of ether oxygens (including phenoxy) is 1. The molecular formula is C11H13NO2. The van der Waals surface area contributed by atoms with Crippen LogP contribution in [-0.2, 0) is 6.42 Å². The topological polar surface area (TPSA) is 53.2 Å². The second kappa shape index (κ2) is 5.25. The lowest BCUT2D eigenvalue weighted by atomic mass is 10.1. The minimum Gasteiger partial charge on any atom is -0.497 e. The molecule has 74 valence electrons. The zero-order valence-corrected chi connectivity index (χ0v) is 8.10. The molecule has 1 aromatic rings. The van der Waals surface area contributed by atoms with E-state index in [1.807, 2.05) is 30.3 Å². The van der Waals surface area contributed by atoms with Crippen LogP contribution in [0.4, 0.5) is 0 Å². The summed E-state index contributed by atoms with van der Waals surface area (Å²) in [6.07, 6.45) is 0.0641. The fraction of sp³-hybridized carbons (Fsp3) is 0.364. The minimum atomic E-state index is -0.591. The van der Waals surface area contributed by atoms with Gasteiger partial charge in [0.2, 0.25) is 0 Å². The third kappa shape index (κ3) is 3.08. The van der Waals surface area contributed by atoms with Gasteiger partial charge in [0.15, 0.2) is 0 Å². The van der Waals surface area contributed by atoms with Crippen molar-refractivity contribution in [3.63, 3.8) is 0 Å². The molecule has 0 saturated heterocycles. The predicted molar refractivity (Wildman–Crippen MR) is 52.9 cm³/mol. The van der Waals surface area contributed by atoms with Crippen molar-refractivity contribution in [2.45, 2.75) is 18.9 Å². The van der Waals surface area contributed by atoms with Gasteiger partial charge in [-0.15, -0.1) is 0 Å². The van der Waals surface area contributed by atoms with Crippen molar-refractivity contribution in [3.05, 3.63) is 29.8 Å². The molecule has 14 heavy (non-hydrogen) atoms. The number of rotatable bonds is 4. The van der Waals surface area contributed by atoms with Gasteiger partial charge in [0.05, 0.1) is 25.7 Å². The molecule has 0 saturated carbocycles. The molecule has 0 aliphatic rings. The number of hydrogen-bond acceptors (Lipinski definition) is 3. The molecule has 0 amide bonds. The summed E-state index contributed by atoms with van der Waals surface area (Å²) in [4.78, 5) is 0. The molecule has 0 spiro atoms. The normalized spacial score (nSPS) is 11.8. The van der Waals surface area contributed by atoms with Crippen LogP contribution >= 0.6 is 0 Å². The number of benzene rings is 1. The van der Waals surface area contributed by atoms with Crippen LogP contribution in [0.3, 0.4) is 0 Å². The molecular weight excluding hydrogens is 178 g/mol. The Hall–Kier alpha value is -1.53. The van der Waals surface area contributed by atoms with Crippen molar-refractivity contribution in [1.29, 1.82) is 5.26 Å². The average Bonchev–Trinajstić information content (AvgIpc) is 2.18. The third-order valence-electron chi connectivity index (χ3n) is 1.93. The Bertz CT molecular complexity index is 330. The average molecular weight is 191 g/mol. The van der Waals surface area contributed by atoms with E-state index < -0.39 is 6.10 Å². The van der Waals surface area contributed by atoms with E-state index in [1.54, 1.807) is 7.11 Å². The van der Waals surface area contributed by atoms with E-state index in [0.29, 0.717) is 6.42 Å². The van der Waals surface area contributed by atoms with Crippen LogP contribution in [0.1, 0.15) is 12.0 Å². The number of nitrogens with zero attached hydrogens (tertiary/aromatic N) is 1. The summed E-state index contributed by atoms with van der Waals surface area (Å²) < 4.78 is 5.05. The molecule has 3 nitrogen and oxygen atoms in total. The van der Waals surface area contributed by atoms with E-state index in [4.69, 9.17) is 10.00 Å². The summed E-state index contributed by atoms with van der Waals surface area (Å²) in [6, 6.07) is 9.42. The molecule has 0 heterocycles. The van der Waals surface area contributed by atoms with Gasteiger partial charge in [-0.1, -0.05) is 12.1 Å². The summed E-state index contributed by atoms with van der Waals surface area (Å²) in [5.41, 5.74) is 0.979. The first-order valence-electron chi connectivity index (χ1n) is 4.44. The van der Waals surface area contributed by atoms with Gasteiger partial charge in [-0.25, -0.2) is 0 Å². The van der Waals surface area contributed by atoms with Crippen molar-refractivity contribution in [3.8, 4) is 11.8 Å². The van der Waals surface area contributed by atoms with Crippen LogP contribution in [0.5, 0.6) is 5.75 Å². The SMILES string of the molecule is COc1cccc(CC(O)CC#N)c1. The number of aliphatic hydroxyl groups excluding tert-OH is 1. The summed E-state index contributed by atoms with van der Waals surface area (Å²) in [5.74, 6) is 0.770. The maximum absolute atomic E-state index is 9.40. The largest absolute Gasteiger partial charge is 0.497 e. The Morgan fingerprint density at radius 2 is 2.36 bits per heavy atom. The zero-order valence-electron chi connectivity index (χ0n) is 8.10. The second-order valence-electron chi connectivity index (χ2n) is 3.07. The lowest BCUT2D eigenvalue weighted by Gasteiger charge is -2.07. The second-order valence-corrected chi connectivity index (χ2v) is 3.07. The predicted octanol–water partition coefficient (Wildman–Crippen LogP) is 1.51. The molecule has 0 aromatic heterocycles. The van der Waals surface area contributed by atoms with Crippen LogP contribution in [0, 0.1) is 11.3 Å². The van der Waals surface area contributed by atoms with Gasteiger partial charge in [0.25, 0.3) is 0 Å². The standard InChI is InChI=1S/C11H13NO2/c1-14-11-4-2-3-9(8-11)7-10(13)5-6-12/h2-4,8,10,13H,5,7H2,1H3. The molecule has 0 radical (unpaired) electrons. The lowest BCUT2D eigenvalue weighted by Crippen LogP contribution is -2.08. The first-order chi connectivity index (χ1) is 6.76. The highest BCUT2D eigenvalue weighted by atomic mass is 16.5. The van der Waals surface area contributed by atoms with Crippen LogP contribution in [0.25, 0.3) is 0 Å². The van der Waals surface area contributed by atoms with Crippen molar-refractivity contribution in [2.75, 3.05) is 7.11 Å². The van der Waals surface area contributed by atoms with Crippen molar-refractivity contribution in [1.82, 2.24) is 0 Å². The highest BCUT2D eigenvalue weighted by molar-refractivity contribution is 5.28. The molecule has 0 aliphatic carbocycles. The number of nitriles is 1. The van der Waals surface area contributed by atoms with E-state index in [-0.39, 0.29) is 6.42 Å². The Kier molecular flexibility index (Phi) is 3.96. The molecule has 1 unspecified atom stereocenters. The molecule has 0 aliphatic heterocycles. The quantitative estimate of drug-likeness (QED) is 0.784. The molecule has 0 bridgehead atoms. The van der Waals surface area contributed by atoms with Crippen molar-refractivity contribution < 1.29 is 9.84 Å². The summed E-state index contributed by atoms with van der Waals surface area (Å²) >= 11 is 0. The summed E-state index contributed by atoms with van der Waals surface area (Å²) in [7, 11) is 1.60. The monoisotopic (exact) mass is 191 g/mol. The van der Waals surface area contributed by atoms with Gasteiger partial charge in [0, 0.05) is 0 Å². The van der Waals surface area contributed by atoms with Crippen LogP contribution in [0.2, 0.25) is 0 Å². The van der Waals surface area contributed by atoms with E-state index in [1.165, 1.54) is 0 Å². The number of aliphatic hydroxyl groups is 1. The van der Waals surface area contributed by atoms with Crippen molar-refractivity contribution in [2.24, 2.45) is 0 Å². The van der Waals surface area contributed by atoms with Gasteiger partial charge in [-0.05, 0) is 24.1 Å². The van der Waals surface area contributed by atoms with Gasteiger partial charge >= 0.3 is 0 Å². The first kappa shape index (κ1) is 10.6. The number of methoxy groups -OCH3 is 1. The van der Waals surface area contributed by atoms with Crippen LogP contribution in [-0.4, -0.2) is 18.3 Å². The molecule has 1 aromatic carbocycles. The molecule has 1 atom stereocenters. The molecule has 1 rings (SSSR count). The Labute approximate surface area is 83.6 Å². The van der Waals surface area contributed by atoms with Crippen LogP contribution in [0.15, 0.2) is 24.3 Å². The minimum absolute atomic E-state index is 0.164. The lowest BCUT2D eigenvalue weighted by molar-refractivity contribution is 0.180. The number of hydrogen-bond donors (Lipinski definition) is 1. The fourth-order valence-corrected chi connectivity index (χ4v) is 1.25. The molecule has 3 heteroatoms. The molecule has 0 fully saturated rings. The van der Waals surface area contributed by atoms with Gasteiger partial charge in [-0.3, -0.25) is 0 Å². The van der Waals surface area contributed by atoms with Crippen LogP contribution < -0.4 is 4.74 Å². The van der Waals surface area contributed by atoms with Gasteiger partial charge < -0.3 is 9.84 Å². The van der Waals surface area contributed by atoms with E-state index in [2.05, 4.69) is 0 Å². The summed E-state index contributed by atoms with van der Waals surface area (Å²) in [6.45, 7) is 0. The molecule has 1 N–H and O–H groups in total. The highest BCUT2D eigenvalue weighted by Crippen LogP contribution is 2.14. The maximum Gasteiger partial charge on any atom is 0.119 e. The summed E-state index contributed by atoms with van der Waals surface area (Å²) in [5, 5.41) is 17.8. The van der Waals surface area contributed by atoms with E-state index in [0.717, 1.165) is 11.3 Å². The maximum atomic E-state index is 9.40. The zero-order chi connectivity index (χ0) is 10.4.